The normalized spacial score (nSPS) is 29.7. The summed E-state index contributed by atoms with van der Waals surface area (Å²) in [6.45, 7) is 4.77. The summed E-state index contributed by atoms with van der Waals surface area (Å²) in [7, 11) is 0. The van der Waals surface area contributed by atoms with Crippen LogP contribution in [0.2, 0.25) is 0 Å². The second kappa shape index (κ2) is 6.08. The van der Waals surface area contributed by atoms with Crippen LogP contribution in [0.1, 0.15) is 32.1 Å². The molecule has 5 heteroatoms. The summed E-state index contributed by atoms with van der Waals surface area (Å²) in [5, 5.41) is 8.82. The van der Waals surface area contributed by atoms with Crippen molar-refractivity contribution < 1.29 is 19.4 Å². The number of fused-ring (bicyclic) bond motifs is 2. The maximum atomic E-state index is 11.7. The second-order valence-corrected chi connectivity index (χ2v) is 5.50. The van der Waals surface area contributed by atoms with Gasteiger partial charge in [-0.2, -0.15) is 0 Å². The molecule has 1 amide bonds. The minimum atomic E-state index is -0.730. The van der Waals surface area contributed by atoms with Gasteiger partial charge in [-0.3, -0.25) is 4.79 Å². The largest absolute Gasteiger partial charge is 0.481 e. The number of rotatable bonds is 4. The van der Waals surface area contributed by atoms with Gasteiger partial charge in [0.25, 0.3) is 0 Å². The van der Waals surface area contributed by atoms with Crippen LogP contribution in [0.3, 0.4) is 0 Å². The number of piperidine rings is 1. The van der Waals surface area contributed by atoms with Crippen LogP contribution in [0.5, 0.6) is 0 Å². The highest BCUT2D eigenvalue weighted by Gasteiger charge is 2.40. The number of nitrogens with zero attached hydrogens (tertiary/aromatic N) is 1. The maximum absolute atomic E-state index is 11.7. The average molecular weight is 267 g/mol. The van der Waals surface area contributed by atoms with Gasteiger partial charge in [0.1, 0.15) is 0 Å². The van der Waals surface area contributed by atoms with E-state index in [1.165, 1.54) is 6.42 Å². The molecule has 2 rings (SSSR count). The lowest BCUT2D eigenvalue weighted by atomic mass is 9.67. The number of hydrogen-bond donors (Lipinski definition) is 1. The topological polar surface area (TPSA) is 66.8 Å². The van der Waals surface area contributed by atoms with Crippen LogP contribution >= 0.6 is 0 Å². The molecule has 2 fully saturated rings. The number of amides is 1. The van der Waals surface area contributed by atoms with Crippen molar-refractivity contribution in [2.24, 2.45) is 17.8 Å². The molecule has 2 aliphatic rings. The Hall–Kier alpha value is -1.52. The van der Waals surface area contributed by atoms with E-state index in [-0.39, 0.29) is 12.5 Å². The fourth-order valence-electron chi connectivity index (χ4n) is 3.61. The molecule has 1 aliphatic heterocycles. The van der Waals surface area contributed by atoms with Crippen molar-refractivity contribution in [2.75, 3.05) is 13.1 Å². The first-order chi connectivity index (χ1) is 9.11. The van der Waals surface area contributed by atoms with Crippen molar-refractivity contribution in [1.29, 1.82) is 0 Å². The number of carboxylic acids is 1. The summed E-state index contributed by atoms with van der Waals surface area (Å²) in [6.07, 6.45) is 5.14. The average Bonchev–Trinajstić information content (AvgIpc) is 2.35. The van der Waals surface area contributed by atoms with Crippen molar-refractivity contribution >= 4 is 12.1 Å². The lowest BCUT2D eigenvalue weighted by Crippen LogP contribution is -2.50. The van der Waals surface area contributed by atoms with Gasteiger partial charge in [-0.05, 0) is 37.0 Å². The molecule has 106 valence electrons. The summed E-state index contributed by atoms with van der Waals surface area (Å²) in [6, 6.07) is 0. The zero-order chi connectivity index (χ0) is 13.8. The molecule has 5 nitrogen and oxygen atoms in total. The molecular formula is C14H21NO4. The molecule has 19 heavy (non-hydrogen) atoms. The molecule has 0 radical (unpaired) electrons. The highest BCUT2D eigenvalue weighted by Crippen LogP contribution is 2.42. The minimum absolute atomic E-state index is 0.231. The molecule has 1 saturated heterocycles. The minimum Gasteiger partial charge on any atom is -0.481 e. The number of carbonyl (C=O) groups is 2. The smallest absolute Gasteiger partial charge is 0.414 e. The molecule has 1 saturated carbocycles. The van der Waals surface area contributed by atoms with Gasteiger partial charge in [-0.25, -0.2) is 4.79 Å². The zero-order valence-corrected chi connectivity index (χ0v) is 11.1. The van der Waals surface area contributed by atoms with E-state index >= 15 is 0 Å². The number of aliphatic carboxylic acids is 1. The Labute approximate surface area is 113 Å². The Kier molecular flexibility index (Phi) is 4.45. The van der Waals surface area contributed by atoms with Crippen LogP contribution in [0.15, 0.2) is 12.8 Å². The predicted octanol–water partition coefficient (Wildman–Crippen LogP) is 2.48. The van der Waals surface area contributed by atoms with Gasteiger partial charge in [0.15, 0.2) is 0 Å². The van der Waals surface area contributed by atoms with Gasteiger partial charge >= 0.3 is 12.1 Å². The van der Waals surface area contributed by atoms with Gasteiger partial charge in [-0.15, -0.1) is 0 Å². The van der Waals surface area contributed by atoms with E-state index in [0.29, 0.717) is 30.8 Å². The van der Waals surface area contributed by atoms with Gasteiger partial charge < -0.3 is 14.7 Å². The Morgan fingerprint density at radius 2 is 1.95 bits per heavy atom. The van der Waals surface area contributed by atoms with Crippen molar-refractivity contribution in [3.8, 4) is 0 Å². The second-order valence-electron chi connectivity index (χ2n) is 5.50. The van der Waals surface area contributed by atoms with Crippen molar-refractivity contribution in [3.05, 3.63) is 12.8 Å². The molecule has 0 aromatic heterocycles. The van der Waals surface area contributed by atoms with E-state index in [1.54, 1.807) is 4.90 Å². The Bertz CT molecular complexity index is 354. The Balaban J connectivity index is 1.98. The molecule has 2 unspecified atom stereocenters. The molecule has 0 spiro atoms. The number of hydrogen-bond acceptors (Lipinski definition) is 3. The lowest BCUT2D eigenvalue weighted by Gasteiger charge is -2.46. The third kappa shape index (κ3) is 3.28. The Morgan fingerprint density at radius 3 is 2.47 bits per heavy atom. The summed E-state index contributed by atoms with van der Waals surface area (Å²) in [5.74, 6) is 0.553. The molecule has 2 atom stereocenters. The zero-order valence-electron chi connectivity index (χ0n) is 11.1. The first-order valence-electron chi connectivity index (χ1n) is 6.90. The first-order valence-corrected chi connectivity index (χ1v) is 6.90. The third-order valence-electron chi connectivity index (χ3n) is 4.40. The van der Waals surface area contributed by atoms with Crippen molar-refractivity contribution in [3.63, 3.8) is 0 Å². The van der Waals surface area contributed by atoms with E-state index in [0.717, 1.165) is 25.5 Å². The fraction of sp³-hybridized carbons (Fsp3) is 0.714. The number of carbonyl (C=O) groups excluding carboxylic acids is 1. The van der Waals surface area contributed by atoms with Crippen LogP contribution < -0.4 is 0 Å². The summed E-state index contributed by atoms with van der Waals surface area (Å²) in [5.41, 5.74) is 0. The van der Waals surface area contributed by atoms with Gasteiger partial charge in [0.05, 0.1) is 6.26 Å². The van der Waals surface area contributed by atoms with Crippen LogP contribution in [0.4, 0.5) is 4.79 Å². The molecule has 1 N–H and O–H groups in total. The highest BCUT2D eigenvalue weighted by atomic mass is 16.5. The fourth-order valence-corrected chi connectivity index (χ4v) is 3.61. The lowest BCUT2D eigenvalue weighted by molar-refractivity contribution is -0.137. The van der Waals surface area contributed by atoms with Crippen LogP contribution in [-0.4, -0.2) is 35.2 Å². The predicted molar refractivity (Wildman–Crippen MR) is 69.4 cm³/mol. The van der Waals surface area contributed by atoms with E-state index in [4.69, 9.17) is 9.84 Å². The van der Waals surface area contributed by atoms with E-state index in [9.17, 15) is 9.59 Å². The maximum Gasteiger partial charge on any atom is 0.414 e. The van der Waals surface area contributed by atoms with Crippen LogP contribution in [0, 0.1) is 17.8 Å². The molecule has 0 aromatic rings. The molecular weight excluding hydrogens is 246 g/mol. The summed E-state index contributed by atoms with van der Waals surface area (Å²) >= 11 is 0. The molecule has 2 bridgehead atoms. The van der Waals surface area contributed by atoms with E-state index < -0.39 is 5.97 Å². The van der Waals surface area contributed by atoms with Gasteiger partial charge in [-0.1, -0.05) is 13.0 Å². The third-order valence-corrected chi connectivity index (χ3v) is 4.40. The van der Waals surface area contributed by atoms with Crippen molar-refractivity contribution in [2.45, 2.75) is 32.1 Å². The summed E-state index contributed by atoms with van der Waals surface area (Å²) < 4.78 is 4.84. The Morgan fingerprint density at radius 1 is 1.32 bits per heavy atom. The van der Waals surface area contributed by atoms with E-state index in [2.05, 4.69) is 6.58 Å². The highest BCUT2D eigenvalue weighted by molar-refractivity contribution is 5.68. The van der Waals surface area contributed by atoms with Crippen LogP contribution in [-0.2, 0) is 9.53 Å². The van der Waals surface area contributed by atoms with Gasteiger partial charge in [0.2, 0.25) is 0 Å². The first kappa shape index (κ1) is 13.9. The monoisotopic (exact) mass is 267 g/mol. The van der Waals surface area contributed by atoms with E-state index in [1.807, 2.05) is 0 Å². The quantitative estimate of drug-likeness (QED) is 0.795. The van der Waals surface area contributed by atoms with Gasteiger partial charge in [0, 0.05) is 19.5 Å². The number of ether oxygens (including phenoxy) is 1. The van der Waals surface area contributed by atoms with Crippen molar-refractivity contribution in [1.82, 2.24) is 4.90 Å². The number of likely N-dealkylation sites (tertiary alicyclic amines) is 1. The molecule has 0 aromatic carbocycles. The standard InChI is InChI=1S/C14H21NO4/c1-2-19-14(18)15-8-10-4-3-5-11(9-15)12(10)6-7-13(16)17/h2,10-12H,1,3-9H2,(H,16,17). The molecule has 1 heterocycles. The number of carboxylic acid groups (broad SMARTS) is 1. The summed E-state index contributed by atoms with van der Waals surface area (Å²) in [4.78, 5) is 24.2. The molecule has 1 aliphatic carbocycles. The SMILES string of the molecule is C=COC(=O)N1CC2CCCC(C1)C2CCC(=O)O. The van der Waals surface area contributed by atoms with Crippen LogP contribution in [0.25, 0.3) is 0 Å².